The number of esters is 1. The van der Waals surface area contributed by atoms with Gasteiger partial charge in [0.05, 0.1) is 19.8 Å². The summed E-state index contributed by atoms with van der Waals surface area (Å²) >= 11 is 0. The molecule has 0 saturated carbocycles. The topological polar surface area (TPSA) is 48.1 Å². The average Bonchev–Trinajstić information content (AvgIpc) is 2.71. The van der Waals surface area contributed by atoms with Gasteiger partial charge in [0.2, 0.25) is 0 Å². The van der Waals surface area contributed by atoms with Crippen LogP contribution in [0, 0.1) is 5.92 Å². The number of hydrogen-bond acceptors (Lipinski definition) is 4. The molecule has 0 bridgehead atoms. The van der Waals surface area contributed by atoms with Crippen molar-refractivity contribution in [3.8, 4) is 0 Å². The molecule has 4 nitrogen and oxygen atoms in total. The summed E-state index contributed by atoms with van der Waals surface area (Å²) < 4.78 is 15.8. The lowest BCUT2D eigenvalue weighted by atomic mass is 9.83. The molecule has 2 aliphatic heterocycles. The van der Waals surface area contributed by atoms with E-state index in [1.807, 2.05) is 13.8 Å². The molecule has 2 aliphatic rings. The molecule has 14 heavy (non-hydrogen) atoms. The standard InChI is InChI=1S/C10H16O4/c1-6-7(2)13-5-10(6)9(3,14-10)8(11)12-4/h6-7H,5H2,1-4H3. The van der Waals surface area contributed by atoms with Crippen LogP contribution in [0.1, 0.15) is 20.8 Å². The molecule has 4 heteroatoms. The van der Waals surface area contributed by atoms with Gasteiger partial charge in [0, 0.05) is 5.92 Å². The molecular weight excluding hydrogens is 184 g/mol. The molecule has 0 radical (unpaired) electrons. The number of epoxide rings is 1. The highest BCUT2D eigenvalue weighted by atomic mass is 16.7. The molecule has 4 atom stereocenters. The fourth-order valence-electron chi connectivity index (χ4n) is 2.35. The molecule has 0 aliphatic carbocycles. The average molecular weight is 200 g/mol. The fourth-order valence-corrected chi connectivity index (χ4v) is 2.35. The summed E-state index contributed by atoms with van der Waals surface area (Å²) in [5.74, 6) is -0.0753. The first-order chi connectivity index (χ1) is 6.48. The second-order valence-corrected chi connectivity index (χ2v) is 4.32. The van der Waals surface area contributed by atoms with E-state index in [0.29, 0.717) is 6.61 Å². The molecule has 0 aromatic heterocycles. The minimum atomic E-state index is -0.800. The second-order valence-electron chi connectivity index (χ2n) is 4.32. The second kappa shape index (κ2) is 2.70. The zero-order chi connectivity index (χ0) is 10.6. The van der Waals surface area contributed by atoms with Crippen molar-refractivity contribution in [1.29, 1.82) is 0 Å². The molecule has 0 aromatic carbocycles. The van der Waals surface area contributed by atoms with Gasteiger partial charge in [-0.1, -0.05) is 6.92 Å². The number of carbonyl (C=O) groups excluding carboxylic acids is 1. The molecule has 2 fully saturated rings. The smallest absolute Gasteiger partial charge is 0.341 e. The van der Waals surface area contributed by atoms with Gasteiger partial charge in [0.15, 0.2) is 5.60 Å². The summed E-state index contributed by atoms with van der Waals surface area (Å²) in [6.45, 7) is 6.31. The molecule has 4 unspecified atom stereocenters. The summed E-state index contributed by atoms with van der Waals surface area (Å²) in [5, 5.41) is 0. The van der Waals surface area contributed by atoms with Crippen LogP contribution in [0.15, 0.2) is 0 Å². The van der Waals surface area contributed by atoms with Gasteiger partial charge in [-0.25, -0.2) is 4.79 Å². The van der Waals surface area contributed by atoms with E-state index in [1.165, 1.54) is 7.11 Å². The zero-order valence-electron chi connectivity index (χ0n) is 8.99. The van der Waals surface area contributed by atoms with Gasteiger partial charge in [0.25, 0.3) is 0 Å². The van der Waals surface area contributed by atoms with Gasteiger partial charge in [0.1, 0.15) is 5.60 Å². The Balaban J connectivity index is 2.20. The van der Waals surface area contributed by atoms with Gasteiger partial charge in [-0.3, -0.25) is 0 Å². The third-order valence-corrected chi connectivity index (χ3v) is 3.73. The number of hydrogen-bond donors (Lipinski definition) is 0. The zero-order valence-corrected chi connectivity index (χ0v) is 8.99. The lowest BCUT2D eigenvalue weighted by molar-refractivity contribution is -0.146. The summed E-state index contributed by atoms with van der Waals surface area (Å²) in [6, 6.07) is 0. The van der Waals surface area contributed by atoms with Crippen LogP contribution >= 0.6 is 0 Å². The van der Waals surface area contributed by atoms with Crippen molar-refractivity contribution in [3.63, 3.8) is 0 Å². The van der Waals surface area contributed by atoms with Gasteiger partial charge >= 0.3 is 5.97 Å². The van der Waals surface area contributed by atoms with Crippen molar-refractivity contribution < 1.29 is 19.0 Å². The Kier molecular flexibility index (Phi) is 1.92. The first-order valence-corrected chi connectivity index (χ1v) is 4.88. The van der Waals surface area contributed by atoms with E-state index in [9.17, 15) is 4.79 Å². The van der Waals surface area contributed by atoms with Crippen LogP contribution in [0.2, 0.25) is 0 Å². The first-order valence-electron chi connectivity index (χ1n) is 4.88. The summed E-state index contributed by atoms with van der Waals surface area (Å²) in [5.41, 5.74) is -1.24. The van der Waals surface area contributed by atoms with E-state index >= 15 is 0 Å². The van der Waals surface area contributed by atoms with Crippen LogP contribution in [0.5, 0.6) is 0 Å². The Morgan fingerprint density at radius 1 is 1.50 bits per heavy atom. The van der Waals surface area contributed by atoms with Crippen molar-refractivity contribution >= 4 is 5.97 Å². The predicted molar refractivity (Wildman–Crippen MR) is 48.8 cm³/mol. The normalized spacial score (nSPS) is 50.9. The number of ether oxygens (including phenoxy) is 3. The maximum atomic E-state index is 11.5. The Morgan fingerprint density at radius 2 is 2.14 bits per heavy atom. The highest BCUT2D eigenvalue weighted by Gasteiger charge is 2.77. The largest absolute Gasteiger partial charge is 0.467 e. The number of methoxy groups -OCH3 is 1. The van der Waals surface area contributed by atoms with Crippen molar-refractivity contribution in [3.05, 3.63) is 0 Å². The Morgan fingerprint density at radius 3 is 2.57 bits per heavy atom. The Bertz CT molecular complexity index is 277. The molecule has 0 amide bonds. The van der Waals surface area contributed by atoms with E-state index in [4.69, 9.17) is 14.2 Å². The third kappa shape index (κ3) is 0.929. The van der Waals surface area contributed by atoms with E-state index in [0.717, 1.165) is 0 Å². The van der Waals surface area contributed by atoms with Crippen LogP contribution in [0.4, 0.5) is 0 Å². The lowest BCUT2D eigenvalue weighted by Crippen LogP contribution is -2.37. The Labute approximate surface area is 83.5 Å². The van der Waals surface area contributed by atoms with Crippen LogP contribution in [0.25, 0.3) is 0 Å². The molecule has 2 rings (SSSR count). The monoisotopic (exact) mass is 200 g/mol. The van der Waals surface area contributed by atoms with E-state index < -0.39 is 11.2 Å². The van der Waals surface area contributed by atoms with Gasteiger partial charge in [-0.15, -0.1) is 0 Å². The SMILES string of the molecule is COC(=O)C1(C)OC12COC(C)C2C. The summed E-state index contributed by atoms with van der Waals surface area (Å²) in [6.07, 6.45) is 0.140. The molecular formula is C10H16O4. The van der Waals surface area contributed by atoms with Crippen molar-refractivity contribution in [2.45, 2.75) is 38.1 Å². The molecule has 2 heterocycles. The first kappa shape index (κ1) is 9.93. The van der Waals surface area contributed by atoms with Crippen LogP contribution < -0.4 is 0 Å². The van der Waals surface area contributed by atoms with Crippen molar-refractivity contribution in [2.75, 3.05) is 13.7 Å². The van der Waals surface area contributed by atoms with Gasteiger partial charge in [-0.2, -0.15) is 0 Å². The summed E-state index contributed by atoms with van der Waals surface area (Å²) in [7, 11) is 1.38. The maximum Gasteiger partial charge on any atom is 0.341 e. The number of carbonyl (C=O) groups is 1. The highest BCUT2D eigenvalue weighted by molar-refractivity contribution is 5.84. The van der Waals surface area contributed by atoms with Gasteiger partial charge < -0.3 is 14.2 Å². The molecule has 1 spiro atoms. The third-order valence-electron chi connectivity index (χ3n) is 3.73. The minimum Gasteiger partial charge on any atom is -0.467 e. The van der Waals surface area contributed by atoms with Gasteiger partial charge in [-0.05, 0) is 13.8 Å². The van der Waals surface area contributed by atoms with Crippen molar-refractivity contribution in [1.82, 2.24) is 0 Å². The lowest BCUT2D eigenvalue weighted by Gasteiger charge is -2.14. The van der Waals surface area contributed by atoms with Crippen LogP contribution in [0.3, 0.4) is 0 Å². The van der Waals surface area contributed by atoms with E-state index in [-0.39, 0.29) is 18.0 Å². The van der Waals surface area contributed by atoms with E-state index in [1.54, 1.807) is 6.92 Å². The molecule has 0 aromatic rings. The quantitative estimate of drug-likeness (QED) is 0.462. The molecule has 80 valence electrons. The van der Waals surface area contributed by atoms with Crippen LogP contribution in [-0.4, -0.2) is 37.0 Å². The minimum absolute atomic E-state index is 0.140. The fraction of sp³-hybridized carbons (Fsp3) is 0.900. The highest BCUT2D eigenvalue weighted by Crippen LogP contribution is 2.57. The number of rotatable bonds is 1. The Hall–Kier alpha value is -0.610. The van der Waals surface area contributed by atoms with E-state index in [2.05, 4.69) is 0 Å². The van der Waals surface area contributed by atoms with Crippen molar-refractivity contribution in [2.24, 2.45) is 5.92 Å². The summed E-state index contributed by atoms with van der Waals surface area (Å²) in [4.78, 5) is 11.5. The predicted octanol–water partition coefficient (Wildman–Crippen LogP) is 0.742. The molecule has 2 saturated heterocycles. The van der Waals surface area contributed by atoms with Crippen LogP contribution in [-0.2, 0) is 19.0 Å². The maximum absolute atomic E-state index is 11.5. The molecule has 0 N–H and O–H groups in total.